The molecule has 1 heterocycles. The largest absolute Gasteiger partial charge is 0.489 e. The number of halogens is 2. The third kappa shape index (κ3) is 6.02. The van der Waals surface area contributed by atoms with Crippen molar-refractivity contribution >= 4 is 11.6 Å². The summed E-state index contributed by atoms with van der Waals surface area (Å²) in [4.78, 5) is 0. The number of ether oxygens (including phenoxy) is 1. The molecule has 4 heteroatoms. The number of aryl methyl sites for hydroxylation is 1. The van der Waals surface area contributed by atoms with Crippen molar-refractivity contribution in [3.8, 4) is 0 Å². The van der Waals surface area contributed by atoms with Crippen LogP contribution in [0.3, 0.4) is 0 Å². The lowest BCUT2D eigenvalue weighted by Gasteiger charge is -2.26. The first-order valence-corrected chi connectivity index (χ1v) is 9.19. The second-order valence-electron chi connectivity index (χ2n) is 5.92. The van der Waals surface area contributed by atoms with Gasteiger partial charge in [-0.05, 0) is 54.7 Å². The Hall–Kier alpha value is -1.58. The maximum Gasteiger partial charge on any atom is 0.120 e. The van der Waals surface area contributed by atoms with Crippen LogP contribution in [-0.2, 0) is 4.74 Å². The van der Waals surface area contributed by atoms with E-state index in [4.69, 9.17) is 22.1 Å². The van der Waals surface area contributed by atoms with E-state index in [1.807, 2.05) is 45.9 Å². The van der Waals surface area contributed by atoms with Crippen molar-refractivity contribution in [3.05, 3.63) is 70.2 Å². The Balaban J connectivity index is 0.00000151. The van der Waals surface area contributed by atoms with Gasteiger partial charge in [-0.1, -0.05) is 51.1 Å². The molecule has 1 aromatic rings. The molecule has 0 bridgehead atoms. The molecule has 1 saturated heterocycles. The summed E-state index contributed by atoms with van der Waals surface area (Å²) >= 11 is 6.24. The van der Waals surface area contributed by atoms with Gasteiger partial charge in [0.1, 0.15) is 17.7 Å². The lowest BCUT2D eigenvalue weighted by atomic mass is 9.95. The standard InChI is InChI=1S/C19H23ClFNO.C2H6/c1-12-5-4-6-18(20)19(12)13(2)9-16(21)10-15-7-8-17(11-22)23-14(15)3;1-2/h4-6,9-10,13,17H,3,7-8,11,22H2,1-2H3;1-2H3/b15-10-,16-9+;/t13?,17-;/m1./s1. The predicted octanol–water partition coefficient (Wildman–Crippen LogP) is 6.21. The van der Waals surface area contributed by atoms with E-state index in [9.17, 15) is 4.39 Å². The minimum Gasteiger partial charge on any atom is -0.489 e. The van der Waals surface area contributed by atoms with E-state index in [1.54, 1.807) is 6.08 Å². The molecule has 2 nitrogen and oxygen atoms in total. The third-order valence-corrected chi connectivity index (χ3v) is 4.44. The molecule has 0 aliphatic carbocycles. The molecule has 1 aliphatic heterocycles. The van der Waals surface area contributed by atoms with Crippen molar-refractivity contribution in [1.82, 2.24) is 0 Å². The number of benzene rings is 1. The zero-order valence-corrected chi connectivity index (χ0v) is 16.4. The zero-order valence-electron chi connectivity index (χ0n) is 15.6. The van der Waals surface area contributed by atoms with Crippen molar-refractivity contribution < 1.29 is 9.13 Å². The van der Waals surface area contributed by atoms with Gasteiger partial charge in [-0.3, -0.25) is 0 Å². The summed E-state index contributed by atoms with van der Waals surface area (Å²) in [5.74, 6) is 0.0923. The van der Waals surface area contributed by atoms with E-state index in [2.05, 4.69) is 6.58 Å². The molecule has 0 aromatic heterocycles. The molecule has 1 aromatic carbocycles. The minimum atomic E-state index is -0.303. The van der Waals surface area contributed by atoms with Crippen LogP contribution in [0.15, 0.2) is 54.1 Å². The van der Waals surface area contributed by atoms with Gasteiger partial charge in [0.15, 0.2) is 0 Å². The Labute approximate surface area is 156 Å². The molecule has 0 amide bonds. The minimum absolute atomic E-state index is 0.0172. The highest BCUT2D eigenvalue weighted by Crippen LogP contribution is 2.31. The molecule has 2 rings (SSSR count). The summed E-state index contributed by atoms with van der Waals surface area (Å²) < 4.78 is 19.9. The maximum absolute atomic E-state index is 14.4. The molecule has 1 unspecified atom stereocenters. The molecule has 138 valence electrons. The molecule has 2 N–H and O–H groups in total. The highest BCUT2D eigenvalue weighted by molar-refractivity contribution is 6.31. The molecule has 1 fully saturated rings. The highest BCUT2D eigenvalue weighted by Gasteiger charge is 2.20. The fourth-order valence-corrected chi connectivity index (χ4v) is 3.26. The summed E-state index contributed by atoms with van der Waals surface area (Å²) in [5.41, 5.74) is 8.37. The summed E-state index contributed by atoms with van der Waals surface area (Å²) in [6.07, 6.45) is 4.56. The SMILES string of the molecule is C=C1O[C@@H](CN)CC/C1=C/C(F)=C\C(C)c1c(C)cccc1Cl.CC. The van der Waals surface area contributed by atoms with Gasteiger partial charge in [0.05, 0.1) is 0 Å². The monoisotopic (exact) mass is 365 g/mol. The lowest BCUT2D eigenvalue weighted by molar-refractivity contribution is 0.103. The van der Waals surface area contributed by atoms with Crippen molar-refractivity contribution in [3.63, 3.8) is 0 Å². The van der Waals surface area contributed by atoms with Crippen LogP contribution in [-0.4, -0.2) is 12.6 Å². The van der Waals surface area contributed by atoms with Gasteiger partial charge in [0.2, 0.25) is 0 Å². The Morgan fingerprint density at radius 1 is 1.48 bits per heavy atom. The van der Waals surface area contributed by atoms with Crippen LogP contribution in [0.2, 0.25) is 5.02 Å². The van der Waals surface area contributed by atoms with Gasteiger partial charge < -0.3 is 10.5 Å². The van der Waals surface area contributed by atoms with Crippen LogP contribution in [0, 0.1) is 6.92 Å². The van der Waals surface area contributed by atoms with Gasteiger partial charge >= 0.3 is 0 Å². The van der Waals surface area contributed by atoms with E-state index in [0.717, 1.165) is 29.5 Å². The average molecular weight is 366 g/mol. The summed E-state index contributed by atoms with van der Waals surface area (Å²) in [6, 6.07) is 5.70. The quantitative estimate of drug-likeness (QED) is 0.688. The number of hydrogen-bond donors (Lipinski definition) is 1. The van der Waals surface area contributed by atoms with Crippen LogP contribution >= 0.6 is 11.6 Å². The van der Waals surface area contributed by atoms with Crippen molar-refractivity contribution in [2.75, 3.05) is 6.54 Å². The zero-order chi connectivity index (χ0) is 19.0. The first-order valence-electron chi connectivity index (χ1n) is 8.81. The van der Waals surface area contributed by atoms with Crippen LogP contribution < -0.4 is 5.73 Å². The number of allylic oxidation sites excluding steroid dienone is 4. The molecule has 1 aliphatic rings. The summed E-state index contributed by atoms with van der Waals surface area (Å²) in [6.45, 7) is 12.2. The Kier molecular flexibility index (Phi) is 8.95. The summed E-state index contributed by atoms with van der Waals surface area (Å²) in [7, 11) is 0. The average Bonchev–Trinajstić information content (AvgIpc) is 2.58. The van der Waals surface area contributed by atoms with Crippen LogP contribution in [0.1, 0.15) is 50.7 Å². The van der Waals surface area contributed by atoms with Gasteiger partial charge in [0.25, 0.3) is 0 Å². The van der Waals surface area contributed by atoms with E-state index in [1.165, 1.54) is 6.08 Å². The predicted molar refractivity (Wildman–Crippen MR) is 106 cm³/mol. The number of rotatable bonds is 4. The van der Waals surface area contributed by atoms with Crippen LogP contribution in [0.4, 0.5) is 4.39 Å². The fourth-order valence-electron chi connectivity index (χ4n) is 2.87. The van der Waals surface area contributed by atoms with Crippen molar-refractivity contribution in [1.29, 1.82) is 0 Å². The first kappa shape index (κ1) is 21.5. The maximum atomic E-state index is 14.4. The topological polar surface area (TPSA) is 35.2 Å². The molecule has 2 atom stereocenters. The van der Waals surface area contributed by atoms with Gasteiger partial charge in [0, 0.05) is 17.5 Å². The van der Waals surface area contributed by atoms with Gasteiger partial charge in [-0.2, -0.15) is 0 Å². The molecular formula is C21H29ClFNO. The van der Waals surface area contributed by atoms with E-state index >= 15 is 0 Å². The normalized spacial score (nSPS) is 20.6. The smallest absolute Gasteiger partial charge is 0.120 e. The lowest BCUT2D eigenvalue weighted by Crippen LogP contribution is -2.27. The number of nitrogens with two attached hydrogens (primary N) is 1. The molecule has 0 radical (unpaired) electrons. The molecule has 0 saturated carbocycles. The third-order valence-electron chi connectivity index (χ3n) is 4.11. The Morgan fingerprint density at radius 3 is 2.72 bits per heavy atom. The fraction of sp³-hybridized carbons (Fsp3) is 0.429. The van der Waals surface area contributed by atoms with Crippen molar-refractivity contribution in [2.24, 2.45) is 5.73 Å². The number of hydrogen-bond acceptors (Lipinski definition) is 2. The van der Waals surface area contributed by atoms with E-state index < -0.39 is 0 Å². The van der Waals surface area contributed by atoms with E-state index in [0.29, 0.717) is 17.3 Å². The first-order chi connectivity index (χ1) is 11.9. The van der Waals surface area contributed by atoms with Gasteiger partial charge in [-0.25, -0.2) is 4.39 Å². The Bertz CT molecular complexity index is 631. The molecular weight excluding hydrogens is 337 g/mol. The van der Waals surface area contributed by atoms with Gasteiger partial charge in [-0.15, -0.1) is 0 Å². The second-order valence-corrected chi connectivity index (χ2v) is 6.32. The molecule has 25 heavy (non-hydrogen) atoms. The van der Waals surface area contributed by atoms with Crippen LogP contribution in [0.25, 0.3) is 0 Å². The molecule has 0 spiro atoms. The van der Waals surface area contributed by atoms with E-state index in [-0.39, 0.29) is 17.8 Å². The van der Waals surface area contributed by atoms with Crippen LogP contribution in [0.5, 0.6) is 0 Å². The second kappa shape index (κ2) is 10.4. The Morgan fingerprint density at radius 2 is 2.16 bits per heavy atom. The highest BCUT2D eigenvalue weighted by atomic mass is 35.5. The summed E-state index contributed by atoms with van der Waals surface area (Å²) in [5, 5.41) is 0.658. The van der Waals surface area contributed by atoms with Crippen molar-refractivity contribution in [2.45, 2.75) is 52.6 Å².